The van der Waals surface area contributed by atoms with E-state index in [0.29, 0.717) is 18.8 Å². The fourth-order valence-electron chi connectivity index (χ4n) is 4.90. The largest absolute Gasteiger partial charge is 0.494 e. The quantitative estimate of drug-likeness (QED) is 0.284. The van der Waals surface area contributed by atoms with Crippen LogP contribution in [0.2, 0.25) is 0 Å². The molecule has 1 atom stereocenters. The summed E-state index contributed by atoms with van der Waals surface area (Å²) in [4.78, 5) is 13.2. The number of aliphatic hydroxyl groups excluding tert-OH is 1. The van der Waals surface area contributed by atoms with Crippen LogP contribution < -0.4 is 4.74 Å². The maximum atomic E-state index is 13.2. The average molecular weight is 467 g/mol. The first kappa shape index (κ1) is 28.1. The molecule has 0 radical (unpaired) electrons. The Morgan fingerprint density at radius 1 is 1.06 bits per heavy atom. The Kier molecular flexibility index (Phi) is 11.8. The molecule has 0 aromatic heterocycles. The minimum Gasteiger partial charge on any atom is -0.494 e. The molecule has 0 bridgehead atoms. The highest BCUT2D eigenvalue weighted by molar-refractivity contribution is 5.93. The minimum atomic E-state index is -0.475. The normalized spacial score (nSPS) is 18.9. The van der Waals surface area contributed by atoms with Gasteiger partial charge in [-0.15, -0.1) is 0 Å². The molecule has 0 heterocycles. The Morgan fingerprint density at radius 3 is 2.38 bits per heavy atom. The highest BCUT2D eigenvalue weighted by atomic mass is 16.5. The Labute approximate surface area is 208 Å². The lowest BCUT2D eigenvalue weighted by molar-refractivity contribution is -0.122. The number of allylic oxidation sites excluding steroid dienone is 6. The van der Waals surface area contributed by atoms with E-state index in [1.54, 1.807) is 0 Å². The van der Waals surface area contributed by atoms with Crippen molar-refractivity contribution >= 4 is 5.78 Å². The molecule has 1 saturated carbocycles. The van der Waals surface area contributed by atoms with Crippen molar-refractivity contribution in [2.45, 2.75) is 104 Å². The van der Waals surface area contributed by atoms with Crippen LogP contribution in [0.5, 0.6) is 5.75 Å². The van der Waals surface area contributed by atoms with Crippen LogP contribution in [0.15, 0.2) is 53.1 Å². The number of carbonyl (C=O) groups is 1. The van der Waals surface area contributed by atoms with Gasteiger partial charge in [-0.1, -0.05) is 47.1 Å². The first-order valence-electron chi connectivity index (χ1n) is 13.2. The summed E-state index contributed by atoms with van der Waals surface area (Å²) < 4.78 is 6.04. The third-order valence-corrected chi connectivity index (χ3v) is 6.95. The molecule has 0 amide bonds. The molecule has 1 aromatic rings. The predicted molar refractivity (Wildman–Crippen MR) is 144 cm³/mol. The second kappa shape index (κ2) is 14.3. The van der Waals surface area contributed by atoms with Gasteiger partial charge in [0, 0.05) is 18.6 Å². The van der Waals surface area contributed by atoms with E-state index in [-0.39, 0.29) is 6.61 Å². The molecule has 1 aromatic carbocycles. The molecule has 2 rings (SSSR count). The third-order valence-electron chi connectivity index (χ3n) is 6.95. The molecular weight excluding hydrogens is 420 g/mol. The first-order chi connectivity index (χ1) is 16.3. The summed E-state index contributed by atoms with van der Waals surface area (Å²) in [5.74, 6) is 1.18. The molecule has 3 nitrogen and oxygen atoms in total. The van der Waals surface area contributed by atoms with Crippen molar-refractivity contribution in [2.75, 3.05) is 13.2 Å². The van der Waals surface area contributed by atoms with Gasteiger partial charge in [-0.2, -0.15) is 0 Å². The van der Waals surface area contributed by atoms with E-state index in [4.69, 9.17) is 4.74 Å². The van der Waals surface area contributed by atoms with E-state index in [1.165, 1.54) is 16.7 Å². The zero-order valence-corrected chi connectivity index (χ0v) is 22.2. The summed E-state index contributed by atoms with van der Waals surface area (Å²) in [5.41, 5.74) is 5.91. The fraction of sp³-hybridized carbons (Fsp3) is 0.581. The second-order valence-corrected chi connectivity index (χ2v) is 10.1. The molecule has 1 aliphatic carbocycles. The second-order valence-electron chi connectivity index (χ2n) is 10.1. The standard InChI is InChI=1S/C31H46O3/c1-6-34-29-23-27(15-10-22-32)17-18-28(29)31(20-9-16-30(31)33)21-19-26(5)14-8-13-25(4)12-7-11-24(2)3/h11,13,17-19,23,32H,6-10,12,14-16,20-22H2,1-5H3/b25-13+,26-19+. The van der Waals surface area contributed by atoms with Crippen LogP contribution in [0, 0.1) is 0 Å². The van der Waals surface area contributed by atoms with Crippen molar-refractivity contribution in [1.29, 1.82) is 0 Å². The van der Waals surface area contributed by atoms with Crippen LogP contribution in [-0.2, 0) is 16.6 Å². The Morgan fingerprint density at radius 2 is 1.76 bits per heavy atom. The fourth-order valence-corrected chi connectivity index (χ4v) is 4.90. The number of Topliss-reactive ketones (excluding diaryl/α,β-unsaturated/α-hetero) is 1. The molecule has 0 aliphatic heterocycles. The molecule has 1 fully saturated rings. The number of hydrogen-bond acceptors (Lipinski definition) is 3. The van der Waals surface area contributed by atoms with E-state index in [2.05, 4.69) is 64.1 Å². The monoisotopic (exact) mass is 466 g/mol. The Hall–Kier alpha value is -2.13. The van der Waals surface area contributed by atoms with E-state index in [0.717, 1.165) is 74.7 Å². The number of rotatable bonds is 14. The summed E-state index contributed by atoms with van der Waals surface area (Å²) >= 11 is 0. The summed E-state index contributed by atoms with van der Waals surface area (Å²) in [6.45, 7) is 11.5. The number of benzene rings is 1. The first-order valence-corrected chi connectivity index (χ1v) is 13.2. The summed E-state index contributed by atoms with van der Waals surface area (Å²) in [6.07, 6.45) is 16.1. The van der Waals surface area contributed by atoms with E-state index >= 15 is 0 Å². The van der Waals surface area contributed by atoms with Gasteiger partial charge in [0.1, 0.15) is 11.5 Å². The molecule has 0 saturated heterocycles. The highest BCUT2D eigenvalue weighted by Gasteiger charge is 2.44. The van der Waals surface area contributed by atoms with Gasteiger partial charge in [-0.3, -0.25) is 4.79 Å². The molecule has 1 N–H and O–H groups in total. The smallest absolute Gasteiger partial charge is 0.143 e. The summed E-state index contributed by atoms with van der Waals surface area (Å²) in [6, 6.07) is 6.31. The van der Waals surface area contributed by atoms with Crippen molar-refractivity contribution in [1.82, 2.24) is 0 Å². The highest BCUT2D eigenvalue weighted by Crippen LogP contribution is 2.46. The van der Waals surface area contributed by atoms with Crippen LogP contribution in [0.25, 0.3) is 0 Å². The molecule has 0 spiro atoms. The van der Waals surface area contributed by atoms with Crippen LogP contribution in [0.3, 0.4) is 0 Å². The van der Waals surface area contributed by atoms with Gasteiger partial charge in [0.25, 0.3) is 0 Å². The lowest BCUT2D eigenvalue weighted by Crippen LogP contribution is -2.31. The molecule has 188 valence electrons. The maximum absolute atomic E-state index is 13.2. The zero-order valence-electron chi connectivity index (χ0n) is 22.2. The summed E-state index contributed by atoms with van der Waals surface area (Å²) in [5, 5.41) is 9.19. The van der Waals surface area contributed by atoms with Crippen LogP contribution in [-0.4, -0.2) is 24.1 Å². The number of carbonyl (C=O) groups excluding carboxylic acids is 1. The average Bonchev–Trinajstić information content (AvgIpc) is 3.17. The van der Waals surface area contributed by atoms with E-state index in [9.17, 15) is 9.90 Å². The van der Waals surface area contributed by atoms with Gasteiger partial charge in [0.05, 0.1) is 12.0 Å². The molecule has 1 unspecified atom stereocenters. The van der Waals surface area contributed by atoms with E-state index < -0.39 is 5.41 Å². The third kappa shape index (κ3) is 8.27. The lowest BCUT2D eigenvalue weighted by atomic mass is 9.74. The van der Waals surface area contributed by atoms with Crippen molar-refractivity contribution in [3.63, 3.8) is 0 Å². The number of ether oxygens (including phenoxy) is 1. The molecule has 3 heteroatoms. The predicted octanol–water partition coefficient (Wildman–Crippen LogP) is 7.81. The SMILES string of the molecule is CCOc1cc(CCCO)ccc1C1(C/C=C(\C)CC/C=C(\C)CCC=C(C)C)CCCC1=O. The van der Waals surface area contributed by atoms with Crippen molar-refractivity contribution in [2.24, 2.45) is 0 Å². The van der Waals surface area contributed by atoms with Gasteiger partial charge < -0.3 is 9.84 Å². The van der Waals surface area contributed by atoms with Gasteiger partial charge in [0.2, 0.25) is 0 Å². The van der Waals surface area contributed by atoms with Crippen LogP contribution in [0.1, 0.15) is 104 Å². The number of aryl methyl sites for hydroxylation is 1. The van der Waals surface area contributed by atoms with Crippen molar-refractivity contribution in [3.8, 4) is 5.75 Å². The Bertz CT molecular complexity index is 886. The zero-order chi connectivity index (χ0) is 25.0. The topological polar surface area (TPSA) is 46.5 Å². The Balaban J connectivity index is 2.14. The molecule has 34 heavy (non-hydrogen) atoms. The van der Waals surface area contributed by atoms with Crippen LogP contribution >= 0.6 is 0 Å². The number of hydrogen-bond donors (Lipinski definition) is 1. The van der Waals surface area contributed by atoms with Gasteiger partial charge in [-0.25, -0.2) is 0 Å². The van der Waals surface area contributed by atoms with Gasteiger partial charge in [0.15, 0.2) is 0 Å². The minimum absolute atomic E-state index is 0.183. The van der Waals surface area contributed by atoms with Crippen LogP contribution in [0.4, 0.5) is 0 Å². The van der Waals surface area contributed by atoms with Gasteiger partial charge in [-0.05, 0) is 104 Å². The van der Waals surface area contributed by atoms with Crippen molar-refractivity contribution in [3.05, 3.63) is 64.3 Å². The maximum Gasteiger partial charge on any atom is 0.143 e. The van der Waals surface area contributed by atoms with Crippen molar-refractivity contribution < 1.29 is 14.6 Å². The molecular formula is C31H46O3. The molecule has 1 aliphatic rings. The number of ketones is 1. The summed E-state index contributed by atoms with van der Waals surface area (Å²) in [7, 11) is 0. The van der Waals surface area contributed by atoms with E-state index in [1.807, 2.05) is 6.92 Å². The lowest BCUT2D eigenvalue weighted by Gasteiger charge is -2.29. The van der Waals surface area contributed by atoms with Gasteiger partial charge >= 0.3 is 0 Å². The number of aliphatic hydroxyl groups is 1.